The van der Waals surface area contributed by atoms with Gasteiger partial charge >= 0.3 is 0 Å². The first-order chi connectivity index (χ1) is 6.28. The summed E-state index contributed by atoms with van der Waals surface area (Å²) in [5.41, 5.74) is 12.1. The van der Waals surface area contributed by atoms with Gasteiger partial charge in [-0.2, -0.15) is 5.26 Å². The number of allylic oxidation sites excluding steroid dienone is 1. The molecule has 0 spiro atoms. The molecule has 0 aromatic carbocycles. The number of hydrogen-bond acceptors (Lipinski definition) is 4. The Morgan fingerprint density at radius 1 is 1.43 bits per heavy atom. The molecular weight excluding hydrogens is 196 g/mol. The van der Waals surface area contributed by atoms with E-state index in [-0.39, 0.29) is 10.5 Å². The van der Waals surface area contributed by atoms with Gasteiger partial charge < -0.3 is 11.2 Å². The van der Waals surface area contributed by atoms with Crippen molar-refractivity contribution in [3.63, 3.8) is 0 Å². The fraction of sp³-hybridized carbons (Fsp3) is 0.556. The maximum Gasteiger partial charge on any atom is 0.116 e. The molecule has 5 heteroatoms. The molecule has 0 aliphatic heterocycles. The number of hydrogen-bond donors (Lipinski definition) is 3. The Balaban J connectivity index is 4.53. The lowest BCUT2D eigenvalue weighted by Gasteiger charge is -2.22. The van der Waals surface area contributed by atoms with E-state index in [4.69, 9.17) is 23.2 Å². The lowest BCUT2D eigenvalue weighted by Crippen LogP contribution is -2.45. The first-order valence-corrected chi connectivity index (χ1v) is 4.62. The summed E-state index contributed by atoms with van der Waals surface area (Å²) in [6.45, 7) is 7.75. The van der Waals surface area contributed by atoms with E-state index in [1.807, 2.05) is 26.8 Å². The summed E-state index contributed by atoms with van der Waals surface area (Å²) in [4.78, 5) is 0.105. The second-order valence-corrected chi connectivity index (χ2v) is 4.42. The van der Waals surface area contributed by atoms with Crippen LogP contribution in [0.3, 0.4) is 0 Å². The molecule has 0 fully saturated rings. The summed E-state index contributed by atoms with van der Waals surface area (Å²) < 4.78 is 0. The molecule has 0 unspecified atom stereocenters. The number of thiocarbonyl (C=S) groups is 1. The maximum atomic E-state index is 8.75. The van der Waals surface area contributed by atoms with Crippen LogP contribution in [0.15, 0.2) is 11.3 Å². The van der Waals surface area contributed by atoms with Crippen molar-refractivity contribution in [2.24, 2.45) is 5.73 Å². The molecule has 0 atom stereocenters. The van der Waals surface area contributed by atoms with E-state index in [9.17, 15) is 0 Å². The van der Waals surface area contributed by atoms with E-state index >= 15 is 0 Å². The highest BCUT2D eigenvalue weighted by atomic mass is 32.1. The van der Waals surface area contributed by atoms with Crippen molar-refractivity contribution in [1.82, 2.24) is 10.9 Å². The summed E-state index contributed by atoms with van der Waals surface area (Å²) >= 11 is 4.73. The van der Waals surface area contributed by atoms with Crippen LogP contribution >= 0.6 is 12.2 Å². The summed E-state index contributed by atoms with van der Waals surface area (Å²) in [6.07, 6.45) is 0. The third kappa shape index (κ3) is 4.80. The Labute approximate surface area is 90.1 Å². The van der Waals surface area contributed by atoms with E-state index in [2.05, 4.69) is 10.9 Å². The van der Waals surface area contributed by atoms with Gasteiger partial charge in [0.2, 0.25) is 0 Å². The van der Waals surface area contributed by atoms with Gasteiger partial charge in [-0.25, -0.2) is 5.43 Å². The minimum atomic E-state index is -0.0853. The molecule has 0 aromatic heterocycles. The van der Waals surface area contributed by atoms with E-state index in [1.165, 1.54) is 0 Å². The van der Waals surface area contributed by atoms with Crippen molar-refractivity contribution in [2.45, 2.75) is 33.2 Å². The molecule has 4 N–H and O–H groups in total. The third-order valence-corrected chi connectivity index (χ3v) is 1.56. The van der Waals surface area contributed by atoms with Crippen molar-refractivity contribution >= 4 is 17.2 Å². The van der Waals surface area contributed by atoms with Crippen LogP contribution in [-0.2, 0) is 0 Å². The largest absolute Gasteiger partial charge is 0.389 e. The minimum absolute atomic E-state index is 0.0853. The average molecular weight is 212 g/mol. The molecule has 4 nitrogen and oxygen atoms in total. The fourth-order valence-corrected chi connectivity index (χ4v) is 0.866. The smallest absolute Gasteiger partial charge is 0.116 e. The van der Waals surface area contributed by atoms with Crippen molar-refractivity contribution < 1.29 is 0 Å². The molecule has 0 aliphatic rings. The zero-order valence-electron chi connectivity index (χ0n) is 8.93. The second kappa shape index (κ2) is 4.94. The molecule has 0 aromatic rings. The van der Waals surface area contributed by atoms with E-state index in [1.54, 1.807) is 6.92 Å². The van der Waals surface area contributed by atoms with Gasteiger partial charge in [-0.05, 0) is 27.7 Å². The molecule has 0 saturated carbocycles. The van der Waals surface area contributed by atoms with Gasteiger partial charge in [0.05, 0.1) is 0 Å². The van der Waals surface area contributed by atoms with Crippen LogP contribution in [0.25, 0.3) is 0 Å². The second-order valence-electron chi connectivity index (χ2n) is 3.98. The quantitative estimate of drug-likeness (QED) is 0.281. The summed E-state index contributed by atoms with van der Waals surface area (Å²) in [7, 11) is 0. The van der Waals surface area contributed by atoms with Gasteiger partial charge in [0.1, 0.15) is 16.6 Å². The molecule has 0 saturated heterocycles. The van der Waals surface area contributed by atoms with Gasteiger partial charge in [0, 0.05) is 11.2 Å². The Bertz CT molecular complexity index is 293. The van der Waals surface area contributed by atoms with Crippen molar-refractivity contribution in [1.29, 1.82) is 5.26 Å². The van der Waals surface area contributed by atoms with E-state index < -0.39 is 0 Å². The molecule has 0 heterocycles. The van der Waals surface area contributed by atoms with Crippen LogP contribution in [0.2, 0.25) is 0 Å². The number of rotatable bonds is 3. The normalized spacial score (nSPS) is 12.8. The Kier molecular flexibility index (Phi) is 4.54. The first-order valence-electron chi connectivity index (χ1n) is 4.22. The third-order valence-electron chi connectivity index (χ3n) is 1.36. The molecule has 0 amide bonds. The SMILES string of the molecule is C/C(NNC(C)(C)C)=C(\C#N)C(N)=S. The highest BCUT2D eigenvalue weighted by Gasteiger charge is 2.10. The monoisotopic (exact) mass is 212 g/mol. The molecule has 0 radical (unpaired) electrons. The zero-order valence-corrected chi connectivity index (χ0v) is 9.75. The van der Waals surface area contributed by atoms with E-state index in [0.29, 0.717) is 11.3 Å². The Morgan fingerprint density at radius 2 is 1.93 bits per heavy atom. The minimum Gasteiger partial charge on any atom is -0.389 e. The van der Waals surface area contributed by atoms with Crippen LogP contribution in [0.4, 0.5) is 0 Å². The van der Waals surface area contributed by atoms with E-state index in [0.717, 1.165) is 0 Å². The van der Waals surface area contributed by atoms with Gasteiger partial charge in [-0.15, -0.1) is 0 Å². The molecule has 0 aliphatic carbocycles. The highest BCUT2D eigenvalue weighted by molar-refractivity contribution is 7.80. The molecule has 0 bridgehead atoms. The molecular formula is C9H16N4S. The highest BCUT2D eigenvalue weighted by Crippen LogP contribution is 2.01. The standard InChI is InChI=1S/C9H16N4S/c1-6(7(5-10)8(11)14)12-13-9(2,3)4/h12-13H,1-4H3,(H2,11,14)/b7-6-. The number of hydrazine groups is 1. The van der Waals surface area contributed by atoms with Crippen LogP contribution in [0, 0.1) is 11.3 Å². The first kappa shape index (κ1) is 12.9. The predicted octanol–water partition coefficient (Wildman–Crippen LogP) is 0.963. The van der Waals surface area contributed by atoms with Crippen molar-refractivity contribution in [2.75, 3.05) is 0 Å². The summed E-state index contributed by atoms with van der Waals surface area (Å²) in [5, 5.41) is 8.75. The number of nitriles is 1. The molecule has 14 heavy (non-hydrogen) atoms. The fourth-order valence-electron chi connectivity index (χ4n) is 0.667. The molecule has 0 rings (SSSR count). The number of nitrogens with zero attached hydrogens (tertiary/aromatic N) is 1. The lowest BCUT2D eigenvalue weighted by molar-refractivity contribution is 0.383. The average Bonchev–Trinajstić information content (AvgIpc) is 2.00. The van der Waals surface area contributed by atoms with Gasteiger partial charge in [-0.1, -0.05) is 12.2 Å². The van der Waals surface area contributed by atoms with Crippen LogP contribution in [0.5, 0.6) is 0 Å². The van der Waals surface area contributed by atoms with Gasteiger partial charge in [0.25, 0.3) is 0 Å². The topological polar surface area (TPSA) is 73.9 Å². The predicted molar refractivity (Wildman–Crippen MR) is 61.1 cm³/mol. The zero-order chi connectivity index (χ0) is 11.4. The maximum absolute atomic E-state index is 8.75. The Hall–Kier alpha value is -1.12. The lowest BCUT2D eigenvalue weighted by atomic mass is 10.1. The van der Waals surface area contributed by atoms with Crippen LogP contribution < -0.4 is 16.6 Å². The van der Waals surface area contributed by atoms with Crippen LogP contribution in [0.1, 0.15) is 27.7 Å². The summed E-state index contributed by atoms with van der Waals surface area (Å²) in [5.74, 6) is 0. The van der Waals surface area contributed by atoms with Gasteiger partial charge in [-0.3, -0.25) is 0 Å². The van der Waals surface area contributed by atoms with Gasteiger partial charge in [0.15, 0.2) is 0 Å². The van der Waals surface area contributed by atoms with Crippen molar-refractivity contribution in [3.05, 3.63) is 11.3 Å². The number of nitrogens with one attached hydrogen (secondary N) is 2. The van der Waals surface area contributed by atoms with Crippen LogP contribution in [-0.4, -0.2) is 10.5 Å². The number of nitrogens with two attached hydrogens (primary N) is 1. The van der Waals surface area contributed by atoms with Crippen molar-refractivity contribution in [3.8, 4) is 6.07 Å². The Morgan fingerprint density at radius 3 is 2.21 bits per heavy atom. The molecule has 78 valence electrons. The summed E-state index contributed by atoms with van der Waals surface area (Å²) in [6, 6.07) is 1.95.